The van der Waals surface area contributed by atoms with Gasteiger partial charge in [0, 0.05) is 12.3 Å². The van der Waals surface area contributed by atoms with Crippen molar-refractivity contribution in [3.63, 3.8) is 0 Å². The number of aliphatic hydroxyl groups is 1. The third kappa shape index (κ3) is 1.53. The highest BCUT2D eigenvalue weighted by Crippen LogP contribution is 2.53. The van der Waals surface area contributed by atoms with E-state index in [1.54, 1.807) is 7.11 Å². The molecule has 0 aromatic rings. The van der Waals surface area contributed by atoms with Crippen molar-refractivity contribution >= 4 is 0 Å². The fraction of sp³-hybridized carbons (Fsp3) is 0.846. The van der Waals surface area contributed by atoms with Gasteiger partial charge in [0.25, 0.3) is 0 Å². The van der Waals surface area contributed by atoms with Crippen molar-refractivity contribution in [3.8, 4) is 0 Å². The molecule has 0 amide bonds. The van der Waals surface area contributed by atoms with Gasteiger partial charge in [-0.25, -0.2) is 0 Å². The van der Waals surface area contributed by atoms with Crippen LogP contribution < -0.4 is 0 Å². The molecule has 1 aliphatic carbocycles. The molecule has 0 aromatic carbocycles. The molecule has 3 nitrogen and oxygen atoms in total. The van der Waals surface area contributed by atoms with E-state index in [4.69, 9.17) is 9.47 Å². The molecule has 1 fully saturated rings. The molecule has 2 atom stereocenters. The van der Waals surface area contributed by atoms with E-state index in [0.717, 1.165) is 31.0 Å². The van der Waals surface area contributed by atoms with Crippen molar-refractivity contribution in [2.24, 2.45) is 11.3 Å². The zero-order chi connectivity index (χ0) is 12.0. The van der Waals surface area contributed by atoms with Crippen LogP contribution in [0.15, 0.2) is 11.5 Å². The van der Waals surface area contributed by atoms with E-state index in [0.29, 0.717) is 6.42 Å². The van der Waals surface area contributed by atoms with Crippen molar-refractivity contribution in [2.45, 2.75) is 45.6 Å². The first kappa shape index (κ1) is 11.8. The highest BCUT2D eigenvalue weighted by molar-refractivity contribution is 5.25. The maximum Gasteiger partial charge on any atom is 0.140 e. The molecule has 2 rings (SSSR count). The van der Waals surface area contributed by atoms with Gasteiger partial charge < -0.3 is 14.6 Å². The lowest BCUT2D eigenvalue weighted by molar-refractivity contribution is -0.105. The summed E-state index contributed by atoms with van der Waals surface area (Å²) in [6.07, 6.45) is 2.59. The van der Waals surface area contributed by atoms with E-state index in [2.05, 4.69) is 20.8 Å². The third-order valence-electron chi connectivity index (χ3n) is 4.04. The molecule has 0 aromatic heterocycles. The third-order valence-corrected chi connectivity index (χ3v) is 4.04. The van der Waals surface area contributed by atoms with E-state index < -0.39 is 5.60 Å². The van der Waals surface area contributed by atoms with Gasteiger partial charge in [-0.05, 0) is 18.3 Å². The number of hydrogen-bond donors (Lipinski definition) is 1. The maximum absolute atomic E-state index is 10.9. The summed E-state index contributed by atoms with van der Waals surface area (Å²) in [7, 11) is 1.66. The maximum atomic E-state index is 10.9. The van der Waals surface area contributed by atoms with E-state index in [1.807, 2.05) is 0 Å². The summed E-state index contributed by atoms with van der Waals surface area (Å²) in [4.78, 5) is 0. The predicted molar refractivity (Wildman–Crippen MR) is 61.7 cm³/mol. The van der Waals surface area contributed by atoms with Crippen LogP contribution in [0.2, 0.25) is 0 Å². The van der Waals surface area contributed by atoms with Crippen LogP contribution in [0.3, 0.4) is 0 Å². The van der Waals surface area contributed by atoms with Crippen LogP contribution in [0.25, 0.3) is 0 Å². The van der Waals surface area contributed by atoms with Gasteiger partial charge in [0.2, 0.25) is 0 Å². The molecule has 1 heterocycles. The number of rotatable bonds is 1. The van der Waals surface area contributed by atoms with Crippen molar-refractivity contribution in [2.75, 3.05) is 13.7 Å². The van der Waals surface area contributed by atoms with Gasteiger partial charge >= 0.3 is 0 Å². The molecule has 0 unspecified atom stereocenters. The minimum absolute atomic E-state index is 0.108. The molecule has 2 aliphatic rings. The van der Waals surface area contributed by atoms with Crippen molar-refractivity contribution in [1.82, 2.24) is 0 Å². The quantitative estimate of drug-likeness (QED) is 0.746. The van der Waals surface area contributed by atoms with Crippen molar-refractivity contribution in [3.05, 3.63) is 11.5 Å². The Morgan fingerprint density at radius 1 is 1.44 bits per heavy atom. The average Bonchev–Trinajstić information content (AvgIpc) is 2.53. The summed E-state index contributed by atoms with van der Waals surface area (Å²) in [5, 5.41) is 10.9. The summed E-state index contributed by atoms with van der Waals surface area (Å²) in [5.74, 6) is 1.84. The molecule has 1 aliphatic heterocycles. The SMILES string of the molecule is COC1=C2OCCC[C@H]2[C@@](O)(C(C)(C)C)C1. The molecule has 1 saturated heterocycles. The van der Waals surface area contributed by atoms with E-state index >= 15 is 0 Å². The van der Waals surface area contributed by atoms with E-state index in [-0.39, 0.29) is 11.3 Å². The molecule has 0 spiro atoms. The fourth-order valence-electron chi connectivity index (χ4n) is 2.85. The van der Waals surface area contributed by atoms with Gasteiger partial charge in [0.1, 0.15) is 11.5 Å². The van der Waals surface area contributed by atoms with Gasteiger partial charge in [-0.1, -0.05) is 20.8 Å². The number of methoxy groups -OCH3 is 1. The molecular formula is C13H22O3. The highest BCUT2D eigenvalue weighted by Gasteiger charge is 2.55. The van der Waals surface area contributed by atoms with Gasteiger partial charge in [0.05, 0.1) is 19.3 Å². The standard InChI is InChI=1S/C13H22O3/c1-12(2,3)13(14)8-10(15-4)11-9(13)6-5-7-16-11/h9,14H,5-8H2,1-4H3/t9-,13-/m1/s1. The van der Waals surface area contributed by atoms with Gasteiger partial charge in [-0.3, -0.25) is 0 Å². The Balaban J connectivity index is 2.35. The van der Waals surface area contributed by atoms with Crippen LogP contribution in [0.5, 0.6) is 0 Å². The van der Waals surface area contributed by atoms with Crippen LogP contribution in [0.1, 0.15) is 40.0 Å². The topological polar surface area (TPSA) is 38.7 Å². The van der Waals surface area contributed by atoms with Gasteiger partial charge in [-0.15, -0.1) is 0 Å². The zero-order valence-electron chi connectivity index (χ0n) is 10.7. The summed E-state index contributed by atoms with van der Waals surface area (Å²) >= 11 is 0. The molecular weight excluding hydrogens is 204 g/mol. The summed E-state index contributed by atoms with van der Waals surface area (Å²) in [5.41, 5.74) is -0.891. The Bertz CT molecular complexity index is 314. The fourth-order valence-corrected chi connectivity index (χ4v) is 2.85. The van der Waals surface area contributed by atoms with Crippen LogP contribution in [0, 0.1) is 11.3 Å². The molecule has 92 valence electrons. The second-order valence-corrected chi connectivity index (χ2v) is 5.89. The second kappa shape index (κ2) is 3.66. The molecule has 0 radical (unpaired) electrons. The molecule has 16 heavy (non-hydrogen) atoms. The van der Waals surface area contributed by atoms with E-state index in [9.17, 15) is 5.11 Å². The monoisotopic (exact) mass is 226 g/mol. The number of ether oxygens (including phenoxy) is 2. The molecule has 0 saturated carbocycles. The first-order chi connectivity index (χ1) is 7.40. The predicted octanol–water partition coefficient (Wildman–Crippen LogP) is 2.45. The zero-order valence-corrected chi connectivity index (χ0v) is 10.7. The van der Waals surface area contributed by atoms with Crippen molar-refractivity contribution < 1.29 is 14.6 Å². The lowest BCUT2D eigenvalue weighted by atomic mass is 9.68. The Morgan fingerprint density at radius 3 is 2.69 bits per heavy atom. The minimum atomic E-state index is -0.728. The van der Waals surface area contributed by atoms with E-state index in [1.165, 1.54) is 0 Å². The Labute approximate surface area is 97.4 Å². The largest absolute Gasteiger partial charge is 0.497 e. The summed E-state index contributed by atoms with van der Waals surface area (Å²) in [6.45, 7) is 6.99. The van der Waals surface area contributed by atoms with Crippen LogP contribution in [0.4, 0.5) is 0 Å². The first-order valence-electron chi connectivity index (χ1n) is 6.02. The average molecular weight is 226 g/mol. The smallest absolute Gasteiger partial charge is 0.140 e. The second-order valence-electron chi connectivity index (χ2n) is 5.89. The Morgan fingerprint density at radius 2 is 2.12 bits per heavy atom. The summed E-state index contributed by atoms with van der Waals surface area (Å²) in [6, 6.07) is 0. The minimum Gasteiger partial charge on any atom is -0.497 e. The van der Waals surface area contributed by atoms with Crippen LogP contribution >= 0.6 is 0 Å². The van der Waals surface area contributed by atoms with Gasteiger partial charge in [-0.2, -0.15) is 0 Å². The molecule has 1 N–H and O–H groups in total. The van der Waals surface area contributed by atoms with Crippen LogP contribution in [-0.2, 0) is 9.47 Å². The number of hydrogen-bond acceptors (Lipinski definition) is 3. The highest BCUT2D eigenvalue weighted by atomic mass is 16.5. The Hall–Kier alpha value is -0.700. The lowest BCUT2D eigenvalue weighted by Gasteiger charge is -2.43. The summed E-state index contributed by atoms with van der Waals surface area (Å²) < 4.78 is 11.1. The van der Waals surface area contributed by atoms with Crippen LogP contribution in [-0.4, -0.2) is 24.4 Å². The Kier molecular flexibility index (Phi) is 2.69. The molecule has 3 heteroatoms. The first-order valence-corrected chi connectivity index (χ1v) is 6.02. The van der Waals surface area contributed by atoms with Gasteiger partial charge in [0.15, 0.2) is 0 Å². The number of fused-ring (bicyclic) bond motifs is 1. The van der Waals surface area contributed by atoms with Crippen molar-refractivity contribution in [1.29, 1.82) is 0 Å². The molecule has 0 bridgehead atoms. The normalized spacial score (nSPS) is 34.7. The lowest BCUT2D eigenvalue weighted by Crippen LogP contribution is -2.48.